The van der Waals surface area contributed by atoms with Gasteiger partial charge in [0.05, 0.1) is 29.0 Å². The van der Waals surface area contributed by atoms with Crippen LogP contribution in [0.3, 0.4) is 0 Å². The van der Waals surface area contributed by atoms with Gasteiger partial charge in [-0.2, -0.15) is 0 Å². The second-order valence-corrected chi connectivity index (χ2v) is 10.6. The van der Waals surface area contributed by atoms with Gasteiger partial charge in [0.15, 0.2) is 17.1 Å². The minimum atomic E-state index is -1.91. The van der Waals surface area contributed by atoms with Crippen LogP contribution in [0, 0.1) is 0 Å². The fourth-order valence-electron chi connectivity index (χ4n) is 5.95. The number of esters is 1. The summed E-state index contributed by atoms with van der Waals surface area (Å²) in [6.07, 6.45) is 0.562. The molecule has 3 aromatic rings. The highest BCUT2D eigenvalue weighted by atomic mass is 16.7. The van der Waals surface area contributed by atoms with E-state index in [9.17, 15) is 19.5 Å². The van der Waals surface area contributed by atoms with Gasteiger partial charge < -0.3 is 33.5 Å². The molecule has 11 heteroatoms. The molecule has 1 amide bonds. The summed E-state index contributed by atoms with van der Waals surface area (Å²) in [6, 6.07) is 5.37. The van der Waals surface area contributed by atoms with E-state index >= 15 is 0 Å². The molecule has 0 spiro atoms. The summed E-state index contributed by atoms with van der Waals surface area (Å²) in [7, 11) is 1.50. The van der Waals surface area contributed by atoms with Crippen molar-refractivity contribution in [3.63, 3.8) is 0 Å². The predicted octanol–water partition coefficient (Wildman–Crippen LogP) is 2.23. The number of aliphatic hydroxyl groups is 1. The van der Waals surface area contributed by atoms with Crippen molar-refractivity contribution in [1.82, 2.24) is 14.5 Å². The summed E-state index contributed by atoms with van der Waals surface area (Å²) in [4.78, 5) is 45.7. The van der Waals surface area contributed by atoms with E-state index in [0.29, 0.717) is 41.4 Å². The van der Waals surface area contributed by atoms with Gasteiger partial charge in [0, 0.05) is 42.3 Å². The highest BCUT2D eigenvalue weighted by Crippen LogP contribution is 2.43. The van der Waals surface area contributed by atoms with Crippen molar-refractivity contribution in [2.45, 2.75) is 58.4 Å². The number of ether oxygens (including phenoxy) is 4. The third kappa shape index (κ3) is 3.87. The average molecular weight is 550 g/mol. The van der Waals surface area contributed by atoms with Gasteiger partial charge in [0.25, 0.3) is 5.56 Å². The Labute approximate surface area is 230 Å². The van der Waals surface area contributed by atoms with Crippen LogP contribution in [0.4, 0.5) is 0 Å². The molecular weight excluding hydrogens is 518 g/mol. The van der Waals surface area contributed by atoms with Crippen LogP contribution >= 0.6 is 0 Å². The molecule has 0 unspecified atom stereocenters. The van der Waals surface area contributed by atoms with Gasteiger partial charge in [-0.25, -0.2) is 9.78 Å². The van der Waals surface area contributed by atoms with Crippen LogP contribution in [0.15, 0.2) is 23.0 Å². The van der Waals surface area contributed by atoms with Crippen LogP contribution in [-0.4, -0.2) is 64.5 Å². The third-order valence-corrected chi connectivity index (χ3v) is 8.11. The van der Waals surface area contributed by atoms with E-state index in [4.69, 9.17) is 23.9 Å². The lowest BCUT2D eigenvalue weighted by molar-refractivity contribution is -0.172. The molecule has 1 aromatic carbocycles. The minimum Gasteiger partial charge on any atom is -0.458 e. The summed E-state index contributed by atoms with van der Waals surface area (Å²) in [5.41, 5.74) is 1.86. The summed E-state index contributed by atoms with van der Waals surface area (Å²) in [5.74, 6) is 0.313. The quantitative estimate of drug-likeness (QED) is 0.345. The Balaban J connectivity index is 1.53. The molecule has 0 radical (unpaired) electrons. The first kappa shape index (κ1) is 26.3. The number of aromatic nitrogens is 2. The van der Waals surface area contributed by atoms with Crippen LogP contribution in [-0.2, 0) is 44.2 Å². The van der Waals surface area contributed by atoms with Gasteiger partial charge in [0.2, 0.25) is 12.7 Å². The lowest BCUT2D eigenvalue weighted by Gasteiger charge is -2.31. The Bertz CT molecular complexity index is 1630. The van der Waals surface area contributed by atoms with E-state index in [1.807, 2.05) is 26.0 Å². The van der Waals surface area contributed by atoms with Gasteiger partial charge in [-0.1, -0.05) is 6.92 Å². The number of hydrogen-bond acceptors (Lipinski definition) is 9. The first-order chi connectivity index (χ1) is 19.2. The molecule has 1 atom stereocenters. The van der Waals surface area contributed by atoms with Crippen molar-refractivity contribution in [3.8, 4) is 22.9 Å². The molecule has 0 fully saturated rings. The Morgan fingerprint density at radius 2 is 1.93 bits per heavy atom. The maximum Gasteiger partial charge on any atom is 0.343 e. The van der Waals surface area contributed by atoms with E-state index in [1.54, 1.807) is 22.5 Å². The number of carbonyl (C=O) groups is 2. The average Bonchev–Trinajstić information content (AvgIpc) is 3.54. The highest BCUT2D eigenvalue weighted by Gasteiger charge is 2.45. The highest BCUT2D eigenvalue weighted by molar-refractivity contribution is 5.91. The molecule has 5 heterocycles. The predicted molar refractivity (Wildman–Crippen MR) is 143 cm³/mol. The summed E-state index contributed by atoms with van der Waals surface area (Å²) in [6.45, 7) is 6.18. The number of amides is 1. The Morgan fingerprint density at radius 3 is 2.62 bits per heavy atom. The SMILES string of the molecule is CC[C@@]1(O)C(=O)OCc2c1cc1n(c2=O)Cc2c-1nc1cc3c(cc1c2CCN(C(=O)COC)C(C)C)OCO3. The monoisotopic (exact) mass is 549 g/mol. The van der Waals surface area contributed by atoms with Gasteiger partial charge in [0.1, 0.15) is 13.2 Å². The second kappa shape index (κ2) is 9.60. The number of nitrogens with zero attached hydrogens (tertiary/aromatic N) is 3. The first-order valence-corrected chi connectivity index (χ1v) is 13.4. The maximum absolute atomic E-state index is 13.7. The fourth-order valence-corrected chi connectivity index (χ4v) is 5.95. The summed E-state index contributed by atoms with van der Waals surface area (Å²) >= 11 is 0. The van der Waals surface area contributed by atoms with E-state index in [2.05, 4.69) is 0 Å². The molecule has 3 aliphatic rings. The number of fused-ring (bicyclic) bond motifs is 6. The number of benzene rings is 1. The second-order valence-electron chi connectivity index (χ2n) is 10.6. The standard InChI is InChI=1S/C29H31N3O8/c1-5-29(36)20-9-22-26-18(11-32(22)27(34)19(20)12-38-28(29)35)16(6-7-31(15(2)3)25(33)13-37-4)17-8-23-24(40-14-39-23)10-21(17)30-26/h8-10,15,36H,5-7,11-14H2,1-4H3/t29-/m0/s1. The fraction of sp³-hybridized carbons (Fsp3) is 0.448. The Hall–Kier alpha value is -3.96. The van der Waals surface area contributed by atoms with Gasteiger partial charge in [-0.15, -0.1) is 0 Å². The molecule has 3 aliphatic heterocycles. The molecule has 0 saturated carbocycles. The van der Waals surface area contributed by atoms with Crippen molar-refractivity contribution >= 4 is 22.8 Å². The Kier molecular flexibility index (Phi) is 6.30. The van der Waals surface area contributed by atoms with E-state index in [-0.39, 0.29) is 61.6 Å². The van der Waals surface area contributed by atoms with Crippen molar-refractivity contribution in [2.24, 2.45) is 0 Å². The van der Waals surface area contributed by atoms with Crippen molar-refractivity contribution in [1.29, 1.82) is 0 Å². The Morgan fingerprint density at radius 1 is 1.18 bits per heavy atom. The number of pyridine rings is 2. The first-order valence-electron chi connectivity index (χ1n) is 13.4. The van der Waals surface area contributed by atoms with Crippen LogP contribution in [0.5, 0.6) is 11.5 Å². The number of hydrogen-bond donors (Lipinski definition) is 1. The molecule has 6 rings (SSSR count). The van der Waals surface area contributed by atoms with E-state index in [1.165, 1.54) is 7.11 Å². The molecule has 0 saturated heterocycles. The molecule has 11 nitrogen and oxygen atoms in total. The van der Waals surface area contributed by atoms with Crippen LogP contribution in [0.2, 0.25) is 0 Å². The largest absolute Gasteiger partial charge is 0.458 e. The van der Waals surface area contributed by atoms with E-state index < -0.39 is 11.6 Å². The third-order valence-electron chi connectivity index (χ3n) is 8.11. The normalized spacial score (nSPS) is 18.5. The molecule has 1 N–H and O–H groups in total. The number of carbonyl (C=O) groups excluding carboxylic acids is 2. The molecule has 40 heavy (non-hydrogen) atoms. The van der Waals surface area contributed by atoms with Crippen LogP contribution in [0.25, 0.3) is 22.3 Å². The topological polar surface area (TPSA) is 129 Å². The lowest BCUT2D eigenvalue weighted by atomic mass is 9.86. The summed E-state index contributed by atoms with van der Waals surface area (Å²) in [5, 5.41) is 12.1. The molecule has 0 aliphatic carbocycles. The van der Waals surface area contributed by atoms with Crippen LogP contribution in [0.1, 0.15) is 49.4 Å². The number of cyclic esters (lactones) is 1. The zero-order valence-corrected chi connectivity index (χ0v) is 22.9. The van der Waals surface area contributed by atoms with E-state index in [0.717, 1.165) is 16.5 Å². The summed E-state index contributed by atoms with van der Waals surface area (Å²) < 4.78 is 23.2. The zero-order chi connectivity index (χ0) is 28.3. The minimum absolute atomic E-state index is 0.0143. The van der Waals surface area contributed by atoms with Crippen molar-refractivity contribution in [2.75, 3.05) is 27.1 Å². The number of rotatable bonds is 7. The molecular formula is C29H31N3O8. The maximum atomic E-state index is 13.7. The molecule has 2 aromatic heterocycles. The smallest absolute Gasteiger partial charge is 0.343 e. The molecule has 0 bridgehead atoms. The molecule has 210 valence electrons. The number of methoxy groups -OCH3 is 1. The lowest BCUT2D eigenvalue weighted by Crippen LogP contribution is -2.44. The van der Waals surface area contributed by atoms with Crippen LogP contribution < -0.4 is 15.0 Å². The van der Waals surface area contributed by atoms with Crippen molar-refractivity contribution in [3.05, 3.63) is 50.8 Å². The van der Waals surface area contributed by atoms with Gasteiger partial charge >= 0.3 is 5.97 Å². The van der Waals surface area contributed by atoms with Gasteiger partial charge in [-0.3, -0.25) is 9.59 Å². The van der Waals surface area contributed by atoms with Gasteiger partial charge in [-0.05, 0) is 44.4 Å². The van der Waals surface area contributed by atoms with Crippen molar-refractivity contribution < 1.29 is 33.6 Å². The zero-order valence-electron chi connectivity index (χ0n) is 22.9.